The lowest BCUT2D eigenvalue weighted by Crippen LogP contribution is -2.47. The van der Waals surface area contributed by atoms with E-state index in [1.54, 1.807) is 0 Å². The lowest BCUT2D eigenvalue weighted by molar-refractivity contribution is -0.122. The molecule has 2 heterocycles. The molecule has 7 heteroatoms. The molecule has 140 valence electrons. The first kappa shape index (κ1) is 20.3. The van der Waals surface area contributed by atoms with E-state index < -0.39 is 0 Å². The first-order valence-corrected chi connectivity index (χ1v) is 9.34. The number of benzene rings is 1. The summed E-state index contributed by atoms with van der Waals surface area (Å²) < 4.78 is 0. The molecule has 2 aliphatic rings. The minimum absolute atomic E-state index is 0. The summed E-state index contributed by atoms with van der Waals surface area (Å²) in [6.45, 7) is 6.95. The molecule has 25 heavy (non-hydrogen) atoms. The minimum atomic E-state index is 0. The number of halogens is 2. The fourth-order valence-electron chi connectivity index (χ4n) is 3.45. The van der Waals surface area contributed by atoms with Gasteiger partial charge in [-0.2, -0.15) is 0 Å². The summed E-state index contributed by atoms with van der Waals surface area (Å²) in [5.41, 5.74) is 1.21. The molecule has 0 saturated carbocycles. The number of anilines is 1. The second-order valence-corrected chi connectivity index (χ2v) is 7.04. The van der Waals surface area contributed by atoms with Gasteiger partial charge in [-0.05, 0) is 50.6 Å². The Morgan fingerprint density at radius 3 is 2.76 bits per heavy atom. The van der Waals surface area contributed by atoms with Gasteiger partial charge in [-0.3, -0.25) is 9.69 Å². The van der Waals surface area contributed by atoms with Gasteiger partial charge in [0.25, 0.3) is 0 Å². The van der Waals surface area contributed by atoms with Crippen molar-refractivity contribution in [2.75, 3.05) is 50.7 Å². The van der Waals surface area contributed by atoms with Crippen LogP contribution in [-0.4, -0.2) is 62.7 Å². The van der Waals surface area contributed by atoms with E-state index in [9.17, 15) is 4.79 Å². The molecule has 0 radical (unpaired) electrons. The van der Waals surface area contributed by atoms with Gasteiger partial charge < -0.3 is 15.5 Å². The molecule has 0 aliphatic carbocycles. The third-order valence-electron chi connectivity index (χ3n) is 4.87. The third kappa shape index (κ3) is 6.03. The Balaban J connectivity index is 0.00000225. The van der Waals surface area contributed by atoms with E-state index in [2.05, 4.69) is 26.5 Å². The molecule has 0 aromatic heterocycles. The molecule has 3 rings (SSSR count). The van der Waals surface area contributed by atoms with Crippen molar-refractivity contribution in [2.45, 2.75) is 25.3 Å². The molecule has 1 amide bonds. The number of amides is 1. The second-order valence-electron chi connectivity index (χ2n) is 6.60. The summed E-state index contributed by atoms with van der Waals surface area (Å²) >= 11 is 6.07. The van der Waals surface area contributed by atoms with E-state index in [0.717, 1.165) is 70.1 Å². The van der Waals surface area contributed by atoms with Crippen LogP contribution in [0.15, 0.2) is 24.3 Å². The number of nitrogens with one attached hydrogen (secondary N) is 2. The zero-order chi connectivity index (χ0) is 16.8. The highest BCUT2D eigenvalue weighted by Crippen LogP contribution is 2.20. The molecule has 2 aliphatic heterocycles. The maximum atomic E-state index is 11.9. The molecule has 1 aromatic rings. The van der Waals surface area contributed by atoms with Crippen LogP contribution in [0.3, 0.4) is 0 Å². The van der Waals surface area contributed by atoms with Crippen LogP contribution in [0, 0.1) is 0 Å². The Morgan fingerprint density at radius 1 is 1.28 bits per heavy atom. The van der Waals surface area contributed by atoms with E-state index in [4.69, 9.17) is 11.6 Å². The van der Waals surface area contributed by atoms with Gasteiger partial charge in [-0.15, -0.1) is 12.4 Å². The van der Waals surface area contributed by atoms with Gasteiger partial charge in [0, 0.05) is 43.4 Å². The summed E-state index contributed by atoms with van der Waals surface area (Å²) in [5, 5.41) is 7.08. The maximum Gasteiger partial charge on any atom is 0.237 e. The maximum absolute atomic E-state index is 11.9. The molecule has 2 fully saturated rings. The summed E-state index contributed by atoms with van der Waals surface area (Å²) in [7, 11) is 0. The van der Waals surface area contributed by atoms with Gasteiger partial charge in [0.05, 0.1) is 6.04 Å². The number of piperazine rings is 1. The van der Waals surface area contributed by atoms with Crippen LogP contribution in [0.2, 0.25) is 5.02 Å². The van der Waals surface area contributed by atoms with Crippen LogP contribution < -0.4 is 15.5 Å². The fraction of sp³-hybridized carbons (Fsp3) is 0.611. The molecule has 2 saturated heterocycles. The molecular weight excluding hydrogens is 359 g/mol. The van der Waals surface area contributed by atoms with Crippen molar-refractivity contribution in [3.63, 3.8) is 0 Å². The SMILES string of the molecule is Cl.O=C(NCCCN1CCN(c2cccc(Cl)c2)CC1)[C@@H]1CCCN1. The zero-order valence-electron chi connectivity index (χ0n) is 14.5. The van der Waals surface area contributed by atoms with Gasteiger partial charge in [0.2, 0.25) is 5.91 Å². The summed E-state index contributed by atoms with van der Waals surface area (Å²) in [5.74, 6) is 0.165. The molecule has 0 bridgehead atoms. The van der Waals surface area contributed by atoms with Crippen LogP contribution in [0.4, 0.5) is 5.69 Å². The van der Waals surface area contributed by atoms with Crippen molar-refractivity contribution in [3.8, 4) is 0 Å². The average molecular weight is 387 g/mol. The zero-order valence-corrected chi connectivity index (χ0v) is 16.1. The van der Waals surface area contributed by atoms with E-state index in [-0.39, 0.29) is 24.4 Å². The molecule has 1 aromatic carbocycles. The topological polar surface area (TPSA) is 47.6 Å². The van der Waals surface area contributed by atoms with Crippen molar-refractivity contribution < 1.29 is 4.79 Å². The highest BCUT2D eigenvalue weighted by Gasteiger charge is 2.21. The number of carbonyl (C=O) groups is 1. The fourth-order valence-corrected chi connectivity index (χ4v) is 3.63. The Hall–Kier alpha value is -1.01. The molecule has 5 nitrogen and oxygen atoms in total. The summed E-state index contributed by atoms with van der Waals surface area (Å²) in [4.78, 5) is 16.8. The smallest absolute Gasteiger partial charge is 0.237 e. The van der Waals surface area contributed by atoms with Crippen molar-refractivity contribution >= 4 is 35.6 Å². The summed E-state index contributed by atoms with van der Waals surface area (Å²) in [6, 6.07) is 8.10. The quantitative estimate of drug-likeness (QED) is 0.735. The highest BCUT2D eigenvalue weighted by molar-refractivity contribution is 6.30. The normalized spacial score (nSPS) is 21.0. The first-order valence-electron chi connectivity index (χ1n) is 8.96. The average Bonchev–Trinajstić information content (AvgIpc) is 3.14. The van der Waals surface area contributed by atoms with E-state index >= 15 is 0 Å². The van der Waals surface area contributed by atoms with Crippen LogP contribution in [-0.2, 0) is 4.79 Å². The Labute approximate surface area is 161 Å². The number of nitrogens with zero attached hydrogens (tertiary/aromatic N) is 2. The predicted molar refractivity (Wildman–Crippen MR) is 106 cm³/mol. The monoisotopic (exact) mass is 386 g/mol. The number of rotatable bonds is 6. The largest absolute Gasteiger partial charge is 0.369 e. The van der Waals surface area contributed by atoms with Crippen molar-refractivity contribution in [1.82, 2.24) is 15.5 Å². The molecule has 2 N–H and O–H groups in total. The van der Waals surface area contributed by atoms with Gasteiger partial charge >= 0.3 is 0 Å². The Bertz CT molecular complexity index is 544. The number of carbonyl (C=O) groups excluding carboxylic acids is 1. The van der Waals surface area contributed by atoms with Gasteiger partial charge in [-0.1, -0.05) is 17.7 Å². The van der Waals surface area contributed by atoms with E-state index in [0.29, 0.717) is 0 Å². The van der Waals surface area contributed by atoms with Crippen LogP contribution >= 0.6 is 24.0 Å². The standard InChI is InChI=1S/C18H27ClN4O.ClH/c19-15-4-1-5-16(14-15)23-12-10-22(11-13-23)9-3-8-21-18(24)17-6-2-7-20-17;/h1,4-5,14,17,20H,2-3,6-13H2,(H,21,24);1H/t17-;/m0./s1. The highest BCUT2D eigenvalue weighted by atomic mass is 35.5. The van der Waals surface area contributed by atoms with E-state index in [1.165, 1.54) is 5.69 Å². The van der Waals surface area contributed by atoms with Gasteiger partial charge in [0.1, 0.15) is 0 Å². The number of hydrogen-bond donors (Lipinski definition) is 2. The summed E-state index contributed by atoms with van der Waals surface area (Å²) in [6.07, 6.45) is 3.09. The minimum Gasteiger partial charge on any atom is -0.369 e. The van der Waals surface area contributed by atoms with Gasteiger partial charge in [-0.25, -0.2) is 0 Å². The molecule has 0 unspecified atom stereocenters. The molecular formula is C18H28Cl2N4O. The first-order chi connectivity index (χ1) is 11.7. The van der Waals surface area contributed by atoms with E-state index in [1.807, 2.05) is 18.2 Å². The van der Waals surface area contributed by atoms with Crippen molar-refractivity contribution in [1.29, 1.82) is 0 Å². The molecule has 1 atom stereocenters. The Morgan fingerprint density at radius 2 is 2.08 bits per heavy atom. The van der Waals surface area contributed by atoms with Crippen molar-refractivity contribution in [3.05, 3.63) is 29.3 Å². The third-order valence-corrected chi connectivity index (χ3v) is 5.11. The lowest BCUT2D eigenvalue weighted by atomic mass is 10.2. The molecule has 0 spiro atoms. The van der Waals surface area contributed by atoms with Crippen LogP contribution in [0.1, 0.15) is 19.3 Å². The Kier molecular flexibility index (Phi) is 8.30. The number of hydrogen-bond acceptors (Lipinski definition) is 4. The predicted octanol–water partition coefficient (Wildman–Crippen LogP) is 2.14. The lowest BCUT2D eigenvalue weighted by Gasteiger charge is -2.36. The van der Waals surface area contributed by atoms with Crippen LogP contribution in [0.5, 0.6) is 0 Å². The van der Waals surface area contributed by atoms with Crippen molar-refractivity contribution in [2.24, 2.45) is 0 Å². The second kappa shape index (κ2) is 10.2. The van der Waals surface area contributed by atoms with Gasteiger partial charge in [0.15, 0.2) is 0 Å². The van der Waals surface area contributed by atoms with Crippen LogP contribution in [0.25, 0.3) is 0 Å².